The maximum atomic E-state index is 12.7. The molecule has 1 aliphatic heterocycles. The van der Waals surface area contributed by atoms with Crippen molar-refractivity contribution >= 4 is 23.0 Å². The van der Waals surface area contributed by atoms with Gasteiger partial charge in [-0.15, -0.1) is 0 Å². The first kappa shape index (κ1) is 17.1. The number of carbonyl (C=O) groups excluding carboxylic acids is 2. The Morgan fingerprint density at radius 2 is 1.84 bits per heavy atom. The van der Waals surface area contributed by atoms with E-state index in [0.717, 1.165) is 6.42 Å². The standard InChI is InChI=1S/C17H22N4O4/c1-3-6-18-16(23)21-9-7-20(8-10-21)15(22)12-4-5-14-13(11-12)19(2)17(24)25-14/h4-5,11H,3,6-10H2,1-2H3,(H,18,23). The first-order chi connectivity index (χ1) is 12.0. The Labute approximate surface area is 145 Å². The highest BCUT2D eigenvalue weighted by Gasteiger charge is 2.25. The summed E-state index contributed by atoms with van der Waals surface area (Å²) in [6.45, 7) is 4.65. The number of oxazole rings is 1. The van der Waals surface area contributed by atoms with Crippen LogP contribution in [0.3, 0.4) is 0 Å². The minimum atomic E-state index is -0.452. The Kier molecular flexibility index (Phi) is 4.78. The van der Waals surface area contributed by atoms with Crippen LogP contribution in [-0.2, 0) is 7.05 Å². The van der Waals surface area contributed by atoms with Gasteiger partial charge in [0.1, 0.15) is 0 Å². The summed E-state index contributed by atoms with van der Waals surface area (Å²) in [6.07, 6.45) is 0.892. The van der Waals surface area contributed by atoms with Gasteiger partial charge in [0, 0.05) is 45.3 Å². The van der Waals surface area contributed by atoms with E-state index in [2.05, 4.69) is 5.32 Å². The van der Waals surface area contributed by atoms with Gasteiger partial charge in [-0.3, -0.25) is 9.36 Å². The molecule has 3 amide bonds. The Bertz CT molecular complexity index is 846. The second kappa shape index (κ2) is 7.00. The number of rotatable bonds is 3. The molecule has 2 heterocycles. The lowest BCUT2D eigenvalue weighted by atomic mass is 10.1. The molecule has 0 bridgehead atoms. The zero-order chi connectivity index (χ0) is 18.0. The predicted molar refractivity (Wildman–Crippen MR) is 92.6 cm³/mol. The lowest BCUT2D eigenvalue weighted by Crippen LogP contribution is -2.53. The van der Waals surface area contributed by atoms with Gasteiger partial charge in [0.05, 0.1) is 5.52 Å². The summed E-state index contributed by atoms with van der Waals surface area (Å²) in [5.41, 5.74) is 1.56. The van der Waals surface area contributed by atoms with Gasteiger partial charge >= 0.3 is 11.8 Å². The van der Waals surface area contributed by atoms with Crippen LogP contribution in [0.1, 0.15) is 23.7 Å². The van der Waals surface area contributed by atoms with Crippen molar-refractivity contribution in [1.29, 1.82) is 0 Å². The number of nitrogens with zero attached hydrogens (tertiary/aromatic N) is 3. The lowest BCUT2D eigenvalue weighted by Gasteiger charge is -2.34. The van der Waals surface area contributed by atoms with Crippen molar-refractivity contribution in [2.45, 2.75) is 13.3 Å². The number of benzene rings is 1. The minimum absolute atomic E-state index is 0.0798. The van der Waals surface area contributed by atoms with Gasteiger partial charge in [-0.2, -0.15) is 0 Å². The van der Waals surface area contributed by atoms with E-state index in [-0.39, 0.29) is 11.9 Å². The molecule has 0 atom stereocenters. The van der Waals surface area contributed by atoms with Crippen LogP contribution in [0, 0.1) is 0 Å². The van der Waals surface area contributed by atoms with Crippen molar-refractivity contribution < 1.29 is 14.0 Å². The maximum absolute atomic E-state index is 12.7. The highest BCUT2D eigenvalue weighted by molar-refractivity contribution is 5.97. The van der Waals surface area contributed by atoms with Crippen LogP contribution in [0.5, 0.6) is 0 Å². The number of hydrogen-bond acceptors (Lipinski definition) is 4. The van der Waals surface area contributed by atoms with Crippen molar-refractivity contribution in [2.24, 2.45) is 7.05 Å². The zero-order valence-corrected chi connectivity index (χ0v) is 14.4. The molecular formula is C17H22N4O4. The number of amides is 3. The highest BCUT2D eigenvalue weighted by Crippen LogP contribution is 2.16. The molecule has 8 heteroatoms. The van der Waals surface area contributed by atoms with Gasteiger partial charge in [-0.05, 0) is 24.6 Å². The molecule has 1 aliphatic rings. The van der Waals surface area contributed by atoms with Crippen LogP contribution in [0.25, 0.3) is 11.1 Å². The van der Waals surface area contributed by atoms with Crippen LogP contribution in [0.4, 0.5) is 4.79 Å². The molecular weight excluding hydrogens is 324 g/mol. The summed E-state index contributed by atoms with van der Waals surface area (Å²) >= 11 is 0. The normalized spacial score (nSPS) is 14.8. The molecule has 0 aliphatic carbocycles. The number of nitrogens with one attached hydrogen (secondary N) is 1. The lowest BCUT2D eigenvalue weighted by molar-refractivity contribution is 0.0665. The van der Waals surface area contributed by atoms with Crippen LogP contribution < -0.4 is 11.1 Å². The number of piperazine rings is 1. The van der Waals surface area contributed by atoms with Gasteiger partial charge in [-0.25, -0.2) is 9.59 Å². The second-order valence-electron chi connectivity index (χ2n) is 6.12. The molecule has 2 aromatic rings. The smallest absolute Gasteiger partial charge is 0.408 e. The third-order valence-electron chi connectivity index (χ3n) is 4.42. The van der Waals surface area contributed by atoms with Crippen molar-refractivity contribution in [3.63, 3.8) is 0 Å². The van der Waals surface area contributed by atoms with Crippen molar-refractivity contribution in [3.05, 3.63) is 34.3 Å². The van der Waals surface area contributed by atoms with Crippen molar-refractivity contribution in [3.8, 4) is 0 Å². The Morgan fingerprint density at radius 1 is 1.16 bits per heavy atom. The number of carbonyl (C=O) groups is 2. The number of urea groups is 1. The topological polar surface area (TPSA) is 87.8 Å². The molecule has 1 N–H and O–H groups in total. The first-order valence-electron chi connectivity index (χ1n) is 8.43. The van der Waals surface area contributed by atoms with Gasteiger partial charge < -0.3 is 19.5 Å². The minimum Gasteiger partial charge on any atom is -0.408 e. The van der Waals surface area contributed by atoms with Crippen molar-refractivity contribution in [1.82, 2.24) is 19.7 Å². The fourth-order valence-electron chi connectivity index (χ4n) is 2.90. The summed E-state index contributed by atoms with van der Waals surface area (Å²) in [5.74, 6) is -0.560. The van der Waals surface area contributed by atoms with E-state index >= 15 is 0 Å². The van der Waals surface area contributed by atoms with Crippen LogP contribution in [0.15, 0.2) is 27.4 Å². The van der Waals surface area contributed by atoms with E-state index in [4.69, 9.17) is 4.42 Å². The molecule has 1 aromatic carbocycles. The number of hydrogen-bond donors (Lipinski definition) is 1. The maximum Gasteiger partial charge on any atom is 0.419 e. The summed E-state index contributed by atoms with van der Waals surface area (Å²) in [4.78, 5) is 39.7. The molecule has 0 saturated carbocycles. The summed E-state index contributed by atoms with van der Waals surface area (Å²) < 4.78 is 6.46. The SMILES string of the molecule is CCCNC(=O)N1CCN(C(=O)c2ccc3oc(=O)n(C)c3c2)CC1. The molecule has 1 aromatic heterocycles. The van der Waals surface area contributed by atoms with E-state index in [1.54, 1.807) is 35.0 Å². The molecule has 0 spiro atoms. The second-order valence-corrected chi connectivity index (χ2v) is 6.12. The van der Waals surface area contributed by atoms with Gasteiger partial charge in [0.15, 0.2) is 5.58 Å². The van der Waals surface area contributed by atoms with E-state index in [0.29, 0.717) is 49.4 Å². The monoisotopic (exact) mass is 346 g/mol. The highest BCUT2D eigenvalue weighted by atomic mass is 16.4. The van der Waals surface area contributed by atoms with Crippen molar-refractivity contribution in [2.75, 3.05) is 32.7 Å². The number of aromatic nitrogens is 1. The van der Waals surface area contributed by atoms with Crippen LogP contribution >= 0.6 is 0 Å². The van der Waals surface area contributed by atoms with Gasteiger partial charge in [0.2, 0.25) is 0 Å². The van der Waals surface area contributed by atoms with Crippen LogP contribution in [0.2, 0.25) is 0 Å². The summed E-state index contributed by atoms with van der Waals surface area (Å²) in [6, 6.07) is 4.89. The Hall–Kier alpha value is -2.77. The molecule has 0 unspecified atom stereocenters. The summed E-state index contributed by atoms with van der Waals surface area (Å²) in [7, 11) is 1.61. The van der Waals surface area contributed by atoms with Gasteiger partial charge in [0.25, 0.3) is 5.91 Å². The quantitative estimate of drug-likeness (QED) is 0.898. The Morgan fingerprint density at radius 3 is 2.52 bits per heavy atom. The average molecular weight is 346 g/mol. The predicted octanol–water partition coefficient (Wildman–Crippen LogP) is 1.01. The molecule has 25 heavy (non-hydrogen) atoms. The fourth-order valence-corrected chi connectivity index (χ4v) is 2.90. The molecule has 1 fully saturated rings. The fraction of sp³-hybridized carbons (Fsp3) is 0.471. The molecule has 134 valence electrons. The number of fused-ring (bicyclic) bond motifs is 1. The largest absolute Gasteiger partial charge is 0.419 e. The molecule has 3 rings (SSSR count). The average Bonchev–Trinajstić information content (AvgIpc) is 2.93. The first-order valence-corrected chi connectivity index (χ1v) is 8.43. The third-order valence-corrected chi connectivity index (χ3v) is 4.42. The van der Waals surface area contributed by atoms with Crippen LogP contribution in [-0.4, -0.2) is 59.0 Å². The van der Waals surface area contributed by atoms with Gasteiger partial charge in [-0.1, -0.05) is 6.92 Å². The van der Waals surface area contributed by atoms with E-state index in [9.17, 15) is 14.4 Å². The molecule has 1 saturated heterocycles. The molecule has 8 nitrogen and oxygen atoms in total. The zero-order valence-electron chi connectivity index (χ0n) is 14.4. The molecule has 0 radical (unpaired) electrons. The Balaban J connectivity index is 1.67. The van der Waals surface area contributed by atoms with E-state index in [1.807, 2.05) is 6.92 Å². The number of aryl methyl sites for hydroxylation is 1. The third kappa shape index (κ3) is 3.38. The summed E-state index contributed by atoms with van der Waals surface area (Å²) in [5, 5.41) is 2.85. The van der Waals surface area contributed by atoms with E-state index in [1.165, 1.54) is 4.57 Å². The van der Waals surface area contributed by atoms with E-state index < -0.39 is 5.76 Å².